The third kappa shape index (κ3) is 4.82. The largest absolute Gasteiger partial charge is 0.389 e. The molecular weight excluding hydrogens is 244 g/mol. The lowest BCUT2D eigenvalue weighted by atomic mass is 9.96. The first-order valence-corrected chi connectivity index (χ1v) is 6.99. The van der Waals surface area contributed by atoms with Crippen molar-refractivity contribution in [2.45, 2.75) is 45.6 Å². The van der Waals surface area contributed by atoms with Gasteiger partial charge in [-0.1, -0.05) is 6.92 Å². The summed E-state index contributed by atoms with van der Waals surface area (Å²) in [5, 5.41) is 9.76. The van der Waals surface area contributed by atoms with Gasteiger partial charge >= 0.3 is 0 Å². The predicted octanol–water partition coefficient (Wildman–Crippen LogP) is 0.864. The molecule has 0 aromatic heterocycles. The summed E-state index contributed by atoms with van der Waals surface area (Å²) in [4.78, 5) is 27.4. The monoisotopic (exact) mass is 270 g/mol. The molecule has 0 aromatic rings. The van der Waals surface area contributed by atoms with Crippen LogP contribution in [0.5, 0.6) is 0 Å². The Balaban J connectivity index is 2.59. The van der Waals surface area contributed by atoms with E-state index in [0.29, 0.717) is 19.5 Å². The summed E-state index contributed by atoms with van der Waals surface area (Å²) in [5.74, 6) is 0.00923. The van der Waals surface area contributed by atoms with Gasteiger partial charge in [-0.15, -0.1) is 0 Å². The van der Waals surface area contributed by atoms with Crippen molar-refractivity contribution in [2.75, 3.05) is 26.7 Å². The van der Waals surface area contributed by atoms with Crippen LogP contribution in [0, 0.1) is 5.92 Å². The van der Waals surface area contributed by atoms with Crippen molar-refractivity contribution in [3.05, 3.63) is 0 Å². The third-order valence-electron chi connectivity index (χ3n) is 3.43. The topological polar surface area (TPSA) is 60.9 Å². The molecule has 0 saturated carbocycles. The zero-order chi connectivity index (χ0) is 14.6. The average Bonchev–Trinajstić information content (AvgIpc) is 2.35. The fourth-order valence-electron chi connectivity index (χ4n) is 2.60. The van der Waals surface area contributed by atoms with Crippen LogP contribution >= 0.6 is 0 Å². The van der Waals surface area contributed by atoms with E-state index >= 15 is 0 Å². The number of likely N-dealkylation sites (N-methyl/N-ethyl adjacent to an activating group) is 1. The minimum atomic E-state index is -0.891. The minimum absolute atomic E-state index is 0.0238. The van der Waals surface area contributed by atoms with E-state index in [1.165, 1.54) is 0 Å². The lowest BCUT2D eigenvalue weighted by Gasteiger charge is -2.35. The molecule has 0 aromatic carbocycles. The first-order chi connectivity index (χ1) is 8.74. The maximum atomic E-state index is 12.3. The predicted molar refractivity (Wildman–Crippen MR) is 73.5 cm³/mol. The van der Waals surface area contributed by atoms with Gasteiger partial charge in [0.05, 0.1) is 11.5 Å². The lowest BCUT2D eigenvalue weighted by molar-refractivity contribution is -0.141. The van der Waals surface area contributed by atoms with Gasteiger partial charge in [0.2, 0.25) is 11.8 Å². The Labute approximate surface area is 115 Å². The standard InChI is InChI=1S/C14H26N2O3/c1-5-12(17)16-8-6-7-11(9-16)13(18)15(4)10-14(2,3)19/h11,19H,5-10H2,1-4H3. The van der Waals surface area contributed by atoms with Gasteiger partial charge in [-0.05, 0) is 26.7 Å². The zero-order valence-corrected chi connectivity index (χ0v) is 12.5. The molecule has 1 atom stereocenters. The molecule has 19 heavy (non-hydrogen) atoms. The van der Waals surface area contributed by atoms with Gasteiger partial charge in [0, 0.05) is 33.1 Å². The molecule has 1 aliphatic rings. The van der Waals surface area contributed by atoms with Crippen molar-refractivity contribution < 1.29 is 14.7 Å². The van der Waals surface area contributed by atoms with Crippen LogP contribution in [0.1, 0.15) is 40.0 Å². The summed E-state index contributed by atoms with van der Waals surface area (Å²) >= 11 is 0. The SMILES string of the molecule is CCC(=O)N1CCCC(C(=O)N(C)CC(C)(C)O)C1. The molecule has 0 aliphatic carbocycles. The highest BCUT2D eigenvalue weighted by Gasteiger charge is 2.31. The molecule has 1 aliphatic heterocycles. The van der Waals surface area contributed by atoms with Crippen LogP contribution < -0.4 is 0 Å². The number of piperidine rings is 1. The second-order valence-corrected chi connectivity index (χ2v) is 6.04. The lowest BCUT2D eigenvalue weighted by Crippen LogP contribution is -2.48. The quantitative estimate of drug-likeness (QED) is 0.824. The van der Waals surface area contributed by atoms with Gasteiger partial charge in [-0.2, -0.15) is 0 Å². The summed E-state index contributed by atoms with van der Waals surface area (Å²) < 4.78 is 0. The number of likely N-dealkylation sites (tertiary alicyclic amines) is 1. The van der Waals surface area contributed by atoms with Gasteiger partial charge in [0.1, 0.15) is 0 Å². The van der Waals surface area contributed by atoms with Crippen molar-refractivity contribution in [1.29, 1.82) is 0 Å². The number of carbonyl (C=O) groups is 2. The maximum absolute atomic E-state index is 12.3. The van der Waals surface area contributed by atoms with Crippen LogP contribution in [0.3, 0.4) is 0 Å². The van der Waals surface area contributed by atoms with Gasteiger partial charge in [-0.25, -0.2) is 0 Å². The second-order valence-electron chi connectivity index (χ2n) is 6.04. The molecule has 1 N–H and O–H groups in total. The number of nitrogens with zero attached hydrogens (tertiary/aromatic N) is 2. The Morgan fingerprint density at radius 2 is 2.05 bits per heavy atom. The highest BCUT2D eigenvalue weighted by atomic mass is 16.3. The summed E-state index contributed by atoms with van der Waals surface area (Å²) in [7, 11) is 1.71. The average molecular weight is 270 g/mol. The molecule has 110 valence electrons. The fraction of sp³-hybridized carbons (Fsp3) is 0.857. The van der Waals surface area contributed by atoms with Crippen molar-refractivity contribution in [3.63, 3.8) is 0 Å². The maximum Gasteiger partial charge on any atom is 0.227 e. The fourth-order valence-corrected chi connectivity index (χ4v) is 2.60. The molecule has 1 heterocycles. The number of hydrogen-bond donors (Lipinski definition) is 1. The Hall–Kier alpha value is -1.10. The number of aliphatic hydroxyl groups is 1. The van der Waals surface area contributed by atoms with E-state index in [9.17, 15) is 14.7 Å². The normalized spacial score (nSPS) is 20.3. The van der Waals surface area contributed by atoms with Gasteiger partial charge < -0.3 is 14.9 Å². The summed E-state index contributed by atoms with van der Waals surface area (Å²) in [6, 6.07) is 0. The van der Waals surface area contributed by atoms with Crippen LogP contribution in [-0.2, 0) is 9.59 Å². The summed E-state index contributed by atoms with van der Waals surface area (Å²) in [6.45, 7) is 6.79. The van der Waals surface area contributed by atoms with E-state index in [2.05, 4.69) is 0 Å². The van der Waals surface area contributed by atoms with Crippen molar-refractivity contribution >= 4 is 11.8 Å². The van der Waals surface area contributed by atoms with Crippen LogP contribution in [-0.4, -0.2) is 59.0 Å². The highest BCUT2D eigenvalue weighted by molar-refractivity contribution is 5.81. The molecule has 5 heteroatoms. The minimum Gasteiger partial charge on any atom is -0.389 e. The van der Waals surface area contributed by atoms with E-state index < -0.39 is 5.60 Å². The number of hydrogen-bond acceptors (Lipinski definition) is 3. The number of amides is 2. The Morgan fingerprint density at radius 3 is 2.58 bits per heavy atom. The molecule has 2 amide bonds. The Bertz CT molecular complexity index is 336. The van der Waals surface area contributed by atoms with Gasteiger partial charge in [0.25, 0.3) is 0 Å². The Kier molecular flexibility index (Phi) is 5.35. The molecule has 1 rings (SSSR count). The molecule has 1 fully saturated rings. The van der Waals surface area contributed by atoms with Crippen LogP contribution in [0.25, 0.3) is 0 Å². The molecule has 0 bridgehead atoms. The van der Waals surface area contributed by atoms with E-state index in [4.69, 9.17) is 0 Å². The zero-order valence-electron chi connectivity index (χ0n) is 12.5. The summed E-state index contributed by atoms with van der Waals surface area (Å²) in [5.41, 5.74) is -0.891. The van der Waals surface area contributed by atoms with Crippen molar-refractivity contribution in [3.8, 4) is 0 Å². The highest BCUT2D eigenvalue weighted by Crippen LogP contribution is 2.20. The van der Waals surface area contributed by atoms with E-state index in [1.807, 2.05) is 6.92 Å². The second kappa shape index (κ2) is 6.37. The van der Waals surface area contributed by atoms with Crippen molar-refractivity contribution in [2.24, 2.45) is 5.92 Å². The summed E-state index contributed by atoms with van der Waals surface area (Å²) in [6.07, 6.45) is 2.18. The van der Waals surface area contributed by atoms with Crippen LogP contribution in [0.15, 0.2) is 0 Å². The molecule has 1 saturated heterocycles. The first kappa shape index (κ1) is 16.0. The molecular formula is C14H26N2O3. The number of carbonyl (C=O) groups excluding carboxylic acids is 2. The van der Waals surface area contributed by atoms with Crippen LogP contribution in [0.4, 0.5) is 0 Å². The molecule has 1 unspecified atom stereocenters. The van der Waals surface area contributed by atoms with Gasteiger partial charge in [-0.3, -0.25) is 9.59 Å². The van der Waals surface area contributed by atoms with Crippen LogP contribution in [0.2, 0.25) is 0 Å². The molecule has 0 radical (unpaired) electrons. The smallest absolute Gasteiger partial charge is 0.227 e. The first-order valence-electron chi connectivity index (χ1n) is 6.99. The third-order valence-corrected chi connectivity index (χ3v) is 3.43. The molecule has 5 nitrogen and oxygen atoms in total. The van der Waals surface area contributed by atoms with E-state index in [1.54, 1.807) is 30.7 Å². The van der Waals surface area contributed by atoms with E-state index in [-0.39, 0.29) is 17.7 Å². The number of rotatable bonds is 4. The molecule has 0 spiro atoms. The van der Waals surface area contributed by atoms with Crippen molar-refractivity contribution in [1.82, 2.24) is 9.80 Å². The Morgan fingerprint density at radius 1 is 1.42 bits per heavy atom. The van der Waals surface area contributed by atoms with Gasteiger partial charge in [0.15, 0.2) is 0 Å². The van der Waals surface area contributed by atoms with E-state index in [0.717, 1.165) is 19.4 Å².